The number of benzene rings is 2. The Morgan fingerprint density at radius 2 is 1.97 bits per heavy atom. The van der Waals surface area contributed by atoms with Crippen LogP contribution < -0.4 is 25.4 Å². The number of alkyl halides is 1. The van der Waals surface area contributed by atoms with Crippen LogP contribution in [-0.4, -0.2) is 43.3 Å². The van der Waals surface area contributed by atoms with Crippen molar-refractivity contribution < 1.29 is 32.2 Å². The Morgan fingerprint density at radius 1 is 1.20 bits per heavy atom. The highest BCUT2D eigenvalue weighted by atomic mass is 35.5. The van der Waals surface area contributed by atoms with Crippen molar-refractivity contribution in [3.8, 4) is 17.2 Å². The van der Waals surface area contributed by atoms with Crippen molar-refractivity contribution in [2.45, 2.75) is 18.9 Å². The second-order valence-corrected chi connectivity index (χ2v) is 8.04. The van der Waals surface area contributed by atoms with Crippen LogP contribution in [0.5, 0.6) is 17.2 Å². The molecule has 184 valence electrons. The van der Waals surface area contributed by atoms with Gasteiger partial charge in [-0.05, 0) is 25.0 Å². The summed E-state index contributed by atoms with van der Waals surface area (Å²) in [6.07, 6.45) is 3.01. The first-order chi connectivity index (χ1) is 16.8. The maximum Gasteiger partial charge on any atom is 0.319 e. The number of ether oxygens (including phenoxy) is 2. The molecule has 1 heterocycles. The van der Waals surface area contributed by atoms with E-state index in [0.29, 0.717) is 5.52 Å². The van der Waals surface area contributed by atoms with Crippen molar-refractivity contribution in [1.82, 2.24) is 15.6 Å². The molecule has 1 aromatic heterocycles. The highest BCUT2D eigenvalue weighted by molar-refractivity contribution is 6.34. The van der Waals surface area contributed by atoms with Crippen LogP contribution in [0.2, 0.25) is 5.02 Å². The maximum atomic E-state index is 15.0. The topological polar surface area (TPSA) is 102 Å². The lowest BCUT2D eigenvalue weighted by molar-refractivity contribution is 0.0948. The second kappa shape index (κ2) is 10.3. The molecule has 1 aliphatic rings. The van der Waals surface area contributed by atoms with Crippen LogP contribution in [0.25, 0.3) is 10.9 Å². The van der Waals surface area contributed by atoms with E-state index in [1.807, 2.05) is 0 Å². The molecule has 0 spiro atoms. The summed E-state index contributed by atoms with van der Waals surface area (Å²) >= 11 is 6.03. The zero-order chi connectivity index (χ0) is 25.1. The Labute approximate surface area is 202 Å². The molecule has 0 radical (unpaired) electrons. The molecule has 1 aliphatic carbocycles. The largest absolute Gasteiger partial charge is 0.496 e. The van der Waals surface area contributed by atoms with Gasteiger partial charge >= 0.3 is 6.03 Å². The van der Waals surface area contributed by atoms with Gasteiger partial charge in [0.05, 0.1) is 23.9 Å². The van der Waals surface area contributed by atoms with Gasteiger partial charge < -0.3 is 25.4 Å². The van der Waals surface area contributed by atoms with Gasteiger partial charge in [0.1, 0.15) is 23.2 Å². The van der Waals surface area contributed by atoms with Crippen LogP contribution in [0.4, 0.5) is 23.7 Å². The van der Waals surface area contributed by atoms with Gasteiger partial charge in [0.2, 0.25) is 0 Å². The summed E-state index contributed by atoms with van der Waals surface area (Å²) < 4.78 is 53.1. The van der Waals surface area contributed by atoms with Gasteiger partial charge in [-0.1, -0.05) is 11.6 Å². The molecule has 35 heavy (non-hydrogen) atoms. The monoisotopic (exact) mass is 508 g/mol. The Bertz CT molecular complexity index is 1300. The van der Waals surface area contributed by atoms with E-state index in [1.54, 1.807) is 0 Å². The van der Waals surface area contributed by atoms with E-state index in [2.05, 4.69) is 20.9 Å². The first-order valence-corrected chi connectivity index (χ1v) is 10.9. The van der Waals surface area contributed by atoms with Crippen LogP contribution in [0.3, 0.4) is 0 Å². The molecule has 1 saturated carbocycles. The summed E-state index contributed by atoms with van der Waals surface area (Å²) in [5.74, 6) is -3.63. The number of fused-ring (bicyclic) bond motifs is 1. The highest BCUT2D eigenvalue weighted by Gasteiger charge is 2.26. The average molecular weight is 509 g/mol. The van der Waals surface area contributed by atoms with Crippen LogP contribution in [0.1, 0.15) is 23.2 Å². The normalized spacial score (nSPS) is 12.8. The molecule has 0 aliphatic heterocycles. The molecule has 3 amide bonds. The number of halogens is 4. The van der Waals surface area contributed by atoms with Crippen molar-refractivity contribution in [2.24, 2.45) is 0 Å². The molecule has 0 unspecified atom stereocenters. The summed E-state index contributed by atoms with van der Waals surface area (Å²) in [4.78, 5) is 28.6. The molecule has 4 rings (SSSR count). The van der Waals surface area contributed by atoms with Crippen molar-refractivity contribution in [3.05, 3.63) is 52.7 Å². The summed E-state index contributed by atoms with van der Waals surface area (Å²) in [6, 6.07) is 4.40. The molecule has 2 aromatic carbocycles. The van der Waals surface area contributed by atoms with Gasteiger partial charge in [-0.3, -0.25) is 9.78 Å². The fraction of sp³-hybridized carbons (Fsp3) is 0.261. The van der Waals surface area contributed by atoms with Crippen LogP contribution in [-0.2, 0) is 0 Å². The third-order valence-corrected chi connectivity index (χ3v) is 5.51. The van der Waals surface area contributed by atoms with Gasteiger partial charge in [0, 0.05) is 36.3 Å². The lowest BCUT2D eigenvalue weighted by atomic mass is 10.1. The standard InChI is InChI=1S/C23H20ClF3N4O4/c1-34-18-10-15-12(8-13(18)22(32)29-7-5-25)17(4-6-28-15)35-21-14(26)9-16(19(24)20(21)27)31-23(33)30-11-2-3-11/h4,6,8-11H,2-3,5,7H2,1H3,(H,29,32)(H2,30,31,33). The number of amides is 3. The van der Waals surface area contributed by atoms with E-state index in [0.717, 1.165) is 18.9 Å². The van der Waals surface area contributed by atoms with E-state index in [9.17, 15) is 22.8 Å². The predicted molar refractivity (Wildman–Crippen MR) is 123 cm³/mol. The van der Waals surface area contributed by atoms with E-state index >= 15 is 0 Å². The number of pyridine rings is 1. The molecule has 0 bridgehead atoms. The summed E-state index contributed by atoms with van der Waals surface area (Å²) in [5.41, 5.74) is 0.0955. The van der Waals surface area contributed by atoms with Gasteiger partial charge in [0.15, 0.2) is 17.4 Å². The minimum absolute atomic E-state index is 0.0294. The van der Waals surface area contributed by atoms with E-state index in [1.165, 1.54) is 31.5 Å². The molecular weight excluding hydrogens is 489 g/mol. The molecule has 1 fully saturated rings. The van der Waals surface area contributed by atoms with Gasteiger partial charge in [-0.15, -0.1) is 0 Å². The first-order valence-electron chi connectivity index (χ1n) is 10.6. The predicted octanol–water partition coefficient (Wildman–Crippen LogP) is 4.95. The van der Waals surface area contributed by atoms with Crippen LogP contribution in [0.15, 0.2) is 30.5 Å². The third-order valence-electron chi connectivity index (χ3n) is 5.14. The number of rotatable bonds is 8. The van der Waals surface area contributed by atoms with Gasteiger partial charge in [-0.2, -0.15) is 0 Å². The molecule has 3 aromatic rings. The number of nitrogens with zero attached hydrogens (tertiary/aromatic N) is 1. The summed E-state index contributed by atoms with van der Waals surface area (Å²) in [5, 5.41) is 7.03. The smallest absolute Gasteiger partial charge is 0.319 e. The van der Waals surface area contributed by atoms with Crippen molar-refractivity contribution in [3.63, 3.8) is 0 Å². The zero-order valence-electron chi connectivity index (χ0n) is 18.4. The Morgan fingerprint density at radius 3 is 2.66 bits per heavy atom. The fourth-order valence-corrected chi connectivity index (χ4v) is 3.47. The summed E-state index contributed by atoms with van der Waals surface area (Å²) in [6.45, 7) is -0.964. The Hall–Kier alpha value is -3.73. The number of carbonyl (C=O) groups excluding carboxylic acids is 2. The number of methoxy groups -OCH3 is 1. The number of hydrogen-bond donors (Lipinski definition) is 3. The summed E-state index contributed by atoms with van der Waals surface area (Å²) in [7, 11) is 1.35. The molecule has 12 heteroatoms. The average Bonchev–Trinajstić information content (AvgIpc) is 3.66. The number of urea groups is 1. The van der Waals surface area contributed by atoms with Crippen LogP contribution >= 0.6 is 11.6 Å². The van der Waals surface area contributed by atoms with E-state index < -0.39 is 41.0 Å². The molecule has 3 N–H and O–H groups in total. The molecule has 8 nitrogen and oxygen atoms in total. The quantitative estimate of drug-likeness (QED) is 0.374. The second-order valence-electron chi connectivity index (χ2n) is 7.66. The van der Waals surface area contributed by atoms with Crippen LogP contribution in [0, 0.1) is 11.6 Å². The zero-order valence-corrected chi connectivity index (χ0v) is 19.1. The van der Waals surface area contributed by atoms with Gasteiger partial charge in [-0.25, -0.2) is 18.0 Å². The highest BCUT2D eigenvalue weighted by Crippen LogP contribution is 2.39. The number of carbonyl (C=O) groups is 2. The lowest BCUT2D eigenvalue weighted by Crippen LogP contribution is -2.30. The Kier molecular flexibility index (Phi) is 7.15. The maximum absolute atomic E-state index is 15.0. The minimum Gasteiger partial charge on any atom is -0.496 e. The number of aromatic nitrogens is 1. The number of hydrogen-bond acceptors (Lipinski definition) is 5. The fourth-order valence-electron chi connectivity index (χ4n) is 3.28. The van der Waals surface area contributed by atoms with Crippen molar-refractivity contribution in [2.75, 3.05) is 25.6 Å². The molecule has 0 saturated heterocycles. The Balaban J connectivity index is 1.68. The van der Waals surface area contributed by atoms with Crippen molar-refractivity contribution >= 4 is 40.1 Å². The molecular formula is C23H20ClF3N4O4. The van der Waals surface area contributed by atoms with E-state index in [4.69, 9.17) is 21.1 Å². The number of nitrogens with one attached hydrogen (secondary N) is 3. The first kappa shape index (κ1) is 24.4. The molecule has 0 atom stereocenters. The number of anilines is 1. The lowest BCUT2D eigenvalue weighted by Gasteiger charge is -2.15. The third kappa shape index (κ3) is 5.35. The van der Waals surface area contributed by atoms with Crippen molar-refractivity contribution in [1.29, 1.82) is 0 Å². The minimum atomic E-state index is -1.23. The van der Waals surface area contributed by atoms with E-state index in [-0.39, 0.29) is 40.7 Å². The SMILES string of the molecule is COc1cc2nccc(Oc3c(F)cc(NC(=O)NC4CC4)c(Cl)c3F)c2cc1C(=O)NCCF. The van der Waals surface area contributed by atoms with Gasteiger partial charge in [0.25, 0.3) is 5.91 Å².